The van der Waals surface area contributed by atoms with Gasteiger partial charge in [0, 0.05) is 18.8 Å². The molecule has 1 rings (SSSR count). The van der Waals surface area contributed by atoms with Crippen molar-refractivity contribution in [2.24, 2.45) is 5.92 Å². The monoisotopic (exact) mass is 223 g/mol. The molecule has 0 spiro atoms. The lowest BCUT2D eigenvalue weighted by Gasteiger charge is -2.12. The van der Waals surface area contributed by atoms with Gasteiger partial charge in [0.1, 0.15) is 0 Å². The van der Waals surface area contributed by atoms with Crippen LogP contribution in [0.25, 0.3) is 0 Å². The molecule has 1 aromatic heterocycles. The Labute approximate surface area is 99.2 Å². The number of rotatable bonds is 7. The van der Waals surface area contributed by atoms with Gasteiger partial charge in [-0.15, -0.1) is 0 Å². The van der Waals surface area contributed by atoms with E-state index in [1.165, 1.54) is 19.3 Å². The summed E-state index contributed by atoms with van der Waals surface area (Å²) in [6, 6.07) is 0.539. The number of nitrogens with one attached hydrogen (secondary N) is 1. The molecule has 0 radical (unpaired) electrons. The van der Waals surface area contributed by atoms with E-state index in [1.807, 2.05) is 10.9 Å². The fourth-order valence-corrected chi connectivity index (χ4v) is 1.78. The molecule has 3 nitrogen and oxygen atoms in total. The van der Waals surface area contributed by atoms with Crippen molar-refractivity contribution in [2.75, 3.05) is 5.32 Å². The zero-order chi connectivity index (χ0) is 12.0. The SMILES string of the molecule is CCCCC(C)Nc1cnn(CC(C)C)c1. The molecule has 0 saturated heterocycles. The van der Waals surface area contributed by atoms with Gasteiger partial charge in [0.15, 0.2) is 0 Å². The lowest BCUT2D eigenvalue weighted by Crippen LogP contribution is -2.14. The molecule has 0 aliphatic carbocycles. The summed E-state index contributed by atoms with van der Waals surface area (Å²) in [6.45, 7) is 9.87. The van der Waals surface area contributed by atoms with Crippen LogP contribution < -0.4 is 5.32 Å². The Kier molecular flexibility index (Phi) is 5.36. The van der Waals surface area contributed by atoms with Crippen molar-refractivity contribution in [1.29, 1.82) is 0 Å². The third-order valence-corrected chi connectivity index (χ3v) is 2.59. The van der Waals surface area contributed by atoms with E-state index in [9.17, 15) is 0 Å². The molecule has 1 atom stereocenters. The second kappa shape index (κ2) is 6.56. The van der Waals surface area contributed by atoms with Crippen LogP contribution in [0.5, 0.6) is 0 Å². The summed E-state index contributed by atoms with van der Waals surface area (Å²) in [5.74, 6) is 0.644. The van der Waals surface area contributed by atoms with Crippen LogP contribution in [-0.4, -0.2) is 15.8 Å². The van der Waals surface area contributed by atoms with E-state index in [2.05, 4.69) is 44.3 Å². The lowest BCUT2D eigenvalue weighted by molar-refractivity contribution is 0.483. The highest BCUT2D eigenvalue weighted by Gasteiger charge is 2.04. The van der Waals surface area contributed by atoms with E-state index >= 15 is 0 Å². The first-order valence-electron chi connectivity index (χ1n) is 6.40. The summed E-state index contributed by atoms with van der Waals surface area (Å²) < 4.78 is 2.01. The van der Waals surface area contributed by atoms with Crippen LogP contribution in [0.2, 0.25) is 0 Å². The third kappa shape index (κ3) is 4.69. The molecule has 0 bridgehead atoms. The number of nitrogens with zero attached hydrogens (tertiary/aromatic N) is 2. The zero-order valence-electron chi connectivity index (χ0n) is 11.0. The van der Waals surface area contributed by atoms with Crippen LogP contribution >= 0.6 is 0 Å². The minimum absolute atomic E-state index is 0.539. The van der Waals surface area contributed by atoms with Crippen LogP contribution in [0.15, 0.2) is 12.4 Å². The molecule has 0 aliphatic heterocycles. The van der Waals surface area contributed by atoms with E-state index < -0.39 is 0 Å². The normalized spacial score (nSPS) is 13.1. The minimum Gasteiger partial charge on any atom is -0.380 e. The van der Waals surface area contributed by atoms with Crippen molar-refractivity contribution in [1.82, 2.24) is 9.78 Å². The predicted molar refractivity (Wildman–Crippen MR) is 69.7 cm³/mol. The summed E-state index contributed by atoms with van der Waals surface area (Å²) in [6.07, 6.45) is 7.80. The van der Waals surface area contributed by atoms with Gasteiger partial charge in [-0.2, -0.15) is 5.10 Å². The highest BCUT2D eigenvalue weighted by Crippen LogP contribution is 2.11. The maximum absolute atomic E-state index is 4.34. The third-order valence-electron chi connectivity index (χ3n) is 2.59. The second-order valence-corrected chi connectivity index (χ2v) is 5.03. The molecular formula is C13H25N3. The van der Waals surface area contributed by atoms with Crippen LogP contribution in [-0.2, 0) is 6.54 Å². The van der Waals surface area contributed by atoms with Crippen LogP contribution in [0.3, 0.4) is 0 Å². The van der Waals surface area contributed by atoms with Crippen LogP contribution in [0.4, 0.5) is 5.69 Å². The Hall–Kier alpha value is -0.990. The van der Waals surface area contributed by atoms with Crippen molar-refractivity contribution >= 4 is 5.69 Å². The maximum atomic E-state index is 4.34. The van der Waals surface area contributed by atoms with Crippen molar-refractivity contribution in [3.63, 3.8) is 0 Å². The molecule has 1 N–H and O–H groups in total. The molecular weight excluding hydrogens is 198 g/mol. The molecule has 1 aromatic rings. The Morgan fingerprint density at radius 2 is 2.12 bits per heavy atom. The van der Waals surface area contributed by atoms with Crippen LogP contribution in [0.1, 0.15) is 47.0 Å². The molecule has 0 aliphatic rings. The molecule has 1 heterocycles. The van der Waals surface area contributed by atoms with Gasteiger partial charge in [0.25, 0.3) is 0 Å². The molecule has 0 saturated carbocycles. The minimum atomic E-state index is 0.539. The van der Waals surface area contributed by atoms with E-state index in [-0.39, 0.29) is 0 Å². The van der Waals surface area contributed by atoms with E-state index in [1.54, 1.807) is 0 Å². The van der Waals surface area contributed by atoms with Gasteiger partial charge in [0.2, 0.25) is 0 Å². The molecule has 3 heteroatoms. The van der Waals surface area contributed by atoms with Gasteiger partial charge < -0.3 is 5.32 Å². The first kappa shape index (κ1) is 13.1. The molecule has 0 amide bonds. The summed E-state index contributed by atoms with van der Waals surface area (Å²) in [7, 11) is 0. The fraction of sp³-hybridized carbons (Fsp3) is 0.769. The maximum Gasteiger partial charge on any atom is 0.0728 e. The van der Waals surface area contributed by atoms with Gasteiger partial charge in [0.05, 0.1) is 11.9 Å². The molecule has 0 aromatic carbocycles. The second-order valence-electron chi connectivity index (χ2n) is 5.03. The first-order valence-corrected chi connectivity index (χ1v) is 6.40. The number of hydrogen-bond acceptors (Lipinski definition) is 2. The number of unbranched alkanes of at least 4 members (excludes halogenated alkanes) is 1. The standard InChI is InChI=1S/C13H25N3/c1-5-6-7-12(4)15-13-8-14-16(10-13)9-11(2)3/h8,10-12,15H,5-7,9H2,1-4H3. The smallest absolute Gasteiger partial charge is 0.0728 e. The van der Waals surface area contributed by atoms with Crippen molar-refractivity contribution in [2.45, 2.75) is 59.5 Å². The number of aromatic nitrogens is 2. The summed E-state index contributed by atoms with van der Waals surface area (Å²) in [4.78, 5) is 0. The van der Waals surface area contributed by atoms with Crippen molar-refractivity contribution in [3.8, 4) is 0 Å². The van der Waals surface area contributed by atoms with Gasteiger partial charge >= 0.3 is 0 Å². The predicted octanol–water partition coefficient (Wildman–Crippen LogP) is 3.53. The number of anilines is 1. The quantitative estimate of drug-likeness (QED) is 0.766. The van der Waals surface area contributed by atoms with E-state index in [0.29, 0.717) is 12.0 Å². The summed E-state index contributed by atoms with van der Waals surface area (Å²) in [5, 5.41) is 7.83. The highest BCUT2D eigenvalue weighted by atomic mass is 15.3. The Morgan fingerprint density at radius 3 is 2.75 bits per heavy atom. The van der Waals surface area contributed by atoms with Gasteiger partial charge in [-0.3, -0.25) is 4.68 Å². The fourth-order valence-electron chi connectivity index (χ4n) is 1.78. The van der Waals surface area contributed by atoms with Gasteiger partial charge in [-0.05, 0) is 19.3 Å². The lowest BCUT2D eigenvalue weighted by atomic mass is 10.1. The topological polar surface area (TPSA) is 29.9 Å². The van der Waals surface area contributed by atoms with Gasteiger partial charge in [-0.1, -0.05) is 33.6 Å². The molecule has 92 valence electrons. The molecule has 1 unspecified atom stereocenters. The van der Waals surface area contributed by atoms with Crippen LogP contribution in [0, 0.1) is 5.92 Å². The average molecular weight is 223 g/mol. The Balaban J connectivity index is 2.39. The van der Waals surface area contributed by atoms with E-state index in [0.717, 1.165) is 12.2 Å². The highest BCUT2D eigenvalue weighted by molar-refractivity contribution is 5.38. The summed E-state index contributed by atoms with van der Waals surface area (Å²) in [5.41, 5.74) is 1.14. The Morgan fingerprint density at radius 1 is 1.38 bits per heavy atom. The molecule has 0 fully saturated rings. The van der Waals surface area contributed by atoms with E-state index in [4.69, 9.17) is 0 Å². The summed E-state index contributed by atoms with van der Waals surface area (Å²) >= 11 is 0. The van der Waals surface area contributed by atoms with Gasteiger partial charge in [-0.25, -0.2) is 0 Å². The Bertz CT molecular complexity index is 291. The van der Waals surface area contributed by atoms with Crippen molar-refractivity contribution < 1.29 is 0 Å². The number of hydrogen-bond donors (Lipinski definition) is 1. The zero-order valence-corrected chi connectivity index (χ0v) is 11.0. The molecule has 16 heavy (non-hydrogen) atoms. The first-order chi connectivity index (χ1) is 7.61. The van der Waals surface area contributed by atoms with Crippen molar-refractivity contribution in [3.05, 3.63) is 12.4 Å². The average Bonchev–Trinajstić information content (AvgIpc) is 2.61. The largest absolute Gasteiger partial charge is 0.380 e.